The van der Waals surface area contributed by atoms with Crippen LogP contribution in [-0.2, 0) is 5.41 Å². The Bertz CT molecular complexity index is 4230. The second-order valence-electron chi connectivity index (χ2n) is 19.6. The fourth-order valence-corrected chi connectivity index (χ4v) is 11.6. The van der Waals surface area contributed by atoms with Crippen molar-refractivity contribution in [2.45, 2.75) is 19.3 Å². The third-order valence-electron chi connectivity index (χ3n) is 15.2. The highest BCUT2D eigenvalue weighted by molar-refractivity contribution is 6.14. The van der Waals surface area contributed by atoms with Gasteiger partial charge in [0.15, 0.2) is 0 Å². The molecule has 334 valence electrons. The zero-order valence-electron chi connectivity index (χ0n) is 39.5. The maximum atomic E-state index is 7.06. The first-order valence-corrected chi connectivity index (χ1v) is 24.6. The first-order valence-electron chi connectivity index (χ1n) is 24.6. The molecule has 1 aliphatic rings. The van der Waals surface area contributed by atoms with E-state index in [0.717, 1.165) is 72.1 Å². The van der Waals surface area contributed by atoms with Gasteiger partial charge in [0.05, 0.1) is 11.0 Å². The molecule has 2 heterocycles. The van der Waals surface area contributed by atoms with Crippen molar-refractivity contribution in [2.75, 3.05) is 0 Å². The van der Waals surface area contributed by atoms with Crippen LogP contribution in [0.15, 0.2) is 253 Å². The van der Waals surface area contributed by atoms with Gasteiger partial charge in [0.2, 0.25) is 0 Å². The Morgan fingerprint density at radius 2 is 0.718 bits per heavy atom. The molecule has 13 aromatic rings. The molecule has 71 heavy (non-hydrogen) atoms. The number of hydrogen-bond acceptors (Lipinski definition) is 1. The van der Waals surface area contributed by atoms with E-state index in [1.54, 1.807) is 0 Å². The standard InChI is InChI=1S/C69H47NO/c1-69(2)63-30-13-12-25-57(63)58-34-31-50(43-64(58)69)46-21-14-22-47(37-46)51-38-52(40-53(39-51)56-27-16-29-60-59-28-15-26-55(67(59)71-68(56)60)45-19-8-4-9-20-45)49-33-36-66-62(42-49)61-41-48(44-17-6-3-7-18-44)32-35-65(61)70(66)54-23-10-5-11-24-54/h3-43H,1-2H3. The van der Waals surface area contributed by atoms with Crippen LogP contribution in [0, 0.1) is 0 Å². The number of hydrogen-bond donors (Lipinski definition) is 0. The van der Waals surface area contributed by atoms with E-state index >= 15 is 0 Å². The number of aromatic nitrogens is 1. The molecule has 0 saturated heterocycles. The molecule has 0 aliphatic heterocycles. The van der Waals surface area contributed by atoms with E-state index in [2.05, 4.69) is 267 Å². The zero-order chi connectivity index (χ0) is 47.2. The molecule has 0 spiro atoms. The van der Waals surface area contributed by atoms with E-state index in [4.69, 9.17) is 4.42 Å². The van der Waals surface area contributed by atoms with Crippen LogP contribution >= 0.6 is 0 Å². The lowest BCUT2D eigenvalue weighted by Crippen LogP contribution is -2.14. The van der Waals surface area contributed by atoms with E-state index in [1.165, 1.54) is 66.3 Å². The normalized spacial score (nSPS) is 12.8. The van der Waals surface area contributed by atoms with Crippen LogP contribution in [0.25, 0.3) is 127 Å². The second-order valence-corrected chi connectivity index (χ2v) is 19.6. The Labute approximate surface area is 413 Å². The van der Waals surface area contributed by atoms with E-state index in [9.17, 15) is 0 Å². The van der Waals surface area contributed by atoms with Gasteiger partial charge in [-0.05, 0) is 145 Å². The molecule has 0 saturated carbocycles. The first kappa shape index (κ1) is 41.0. The number of furan rings is 1. The fourth-order valence-electron chi connectivity index (χ4n) is 11.6. The van der Waals surface area contributed by atoms with Crippen molar-refractivity contribution in [1.82, 2.24) is 4.57 Å². The van der Waals surface area contributed by atoms with Gasteiger partial charge in [-0.15, -0.1) is 0 Å². The molecule has 0 N–H and O–H groups in total. The molecule has 0 amide bonds. The van der Waals surface area contributed by atoms with Crippen LogP contribution in [0.5, 0.6) is 0 Å². The summed E-state index contributed by atoms with van der Waals surface area (Å²) in [5.74, 6) is 0. The van der Waals surface area contributed by atoms with Crippen molar-refractivity contribution in [3.63, 3.8) is 0 Å². The van der Waals surface area contributed by atoms with Crippen molar-refractivity contribution in [2.24, 2.45) is 0 Å². The van der Waals surface area contributed by atoms with Gasteiger partial charge < -0.3 is 8.98 Å². The second kappa shape index (κ2) is 16.1. The summed E-state index contributed by atoms with van der Waals surface area (Å²) in [5.41, 5.74) is 24.4. The minimum Gasteiger partial charge on any atom is -0.455 e. The molecular formula is C69H47NO. The molecule has 14 rings (SSSR count). The summed E-state index contributed by atoms with van der Waals surface area (Å²) < 4.78 is 9.47. The maximum Gasteiger partial charge on any atom is 0.143 e. The lowest BCUT2D eigenvalue weighted by Gasteiger charge is -2.22. The molecule has 2 heteroatoms. The molecule has 0 bridgehead atoms. The van der Waals surface area contributed by atoms with E-state index in [0.29, 0.717) is 0 Å². The van der Waals surface area contributed by atoms with Crippen molar-refractivity contribution < 1.29 is 4.42 Å². The predicted octanol–water partition coefficient (Wildman–Crippen LogP) is 19.0. The van der Waals surface area contributed by atoms with Crippen LogP contribution in [0.3, 0.4) is 0 Å². The molecule has 11 aromatic carbocycles. The Balaban J connectivity index is 0.972. The monoisotopic (exact) mass is 905 g/mol. The summed E-state index contributed by atoms with van der Waals surface area (Å²) in [6.45, 7) is 4.71. The molecule has 0 fully saturated rings. The zero-order valence-corrected chi connectivity index (χ0v) is 39.5. The minimum atomic E-state index is -0.0834. The highest BCUT2D eigenvalue weighted by Gasteiger charge is 2.35. The Kier molecular flexibility index (Phi) is 9.28. The summed E-state index contributed by atoms with van der Waals surface area (Å²) in [7, 11) is 0. The highest BCUT2D eigenvalue weighted by Crippen LogP contribution is 2.50. The van der Waals surface area contributed by atoms with Gasteiger partial charge in [0.1, 0.15) is 11.2 Å². The molecular weight excluding hydrogens is 859 g/mol. The van der Waals surface area contributed by atoms with Crippen LogP contribution < -0.4 is 0 Å². The van der Waals surface area contributed by atoms with Gasteiger partial charge in [-0.25, -0.2) is 0 Å². The highest BCUT2D eigenvalue weighted by atomic mass is 16.3. The smallest absolute Gasteiger partial charge is 0.143 e. The number of nitrogens with zero attached hydrogens (tertiary/aromatic N) is 1. The SMILES string of the molecule is CC1(C)c2ccccc2-c2ccc(-c3cccc(-c4cc(-c5ccc6c(c5)c5cc(-c7ccccc7)ccc5n6-c5ccccc5)cc(-c5cccc6c5oc5c(-c7ccccc7)cccc56)c4)c3)cc21. The summed E-state index contributed by atoms with van der Waals surface area (Å²) >= 11 is 0. The topological polar surface area (TPSA) is 18.1 Å². The lowest BCUT2D eigenvalue weighted by molar-refractivity contribution is 0.660. The van der Waals surface area contributed by atoms with Gasteiger partial charge >= 0.3 is 0 Å². The molecule has 0 unspecified atom stereocenters. The third-order valence-corrected chi connectivity index (χ3v) is 15.2. The summed E-state index contributed by atoms with van der Waals surface area (Å²) in [6, 6.07) is 91.1. The average molecular weight is 906 g/mol. The van der Waals surface area contributed by atoms with Crippen LogP contribution in [-0.4, -0.2) is 4.57 Å². The van der Waals surface area contributed by atoms with Crippen molar-refractivity contribution in [1.29, 1.82) is 0 Å². The molecule has 0 atom stereocenters. The number of rotatable bonds is 7. The van der Waals surface area contributed by atoms with Gasteiger partial charge in [-0.1, -0.05) is 196 Å². The maximum absolute atomic E-state index is 7.06. The van der Waals surface area contributed by atoms with Crippen LogP contribution in [0.4, 0.5) is 0 Å². The van der Waals surface area contributed by atoms with Crippen LogP contribution in [0.1, 0.15) is 25.0 Å². The molecule has 1 aliphatic carbocycles. The number of fused-ring (bicyclic) bond motifs is 9. The summed E-state index contributed by atoms with van der Waals surface area (Å²) in [6.07, 6.45) is 0. The predicted molar refractivity (Wildman–Crippen MR) is 298 cm³/mol. The Morgan fingerprint density at radius 3 is 1.38 bits per heavy atom. The number of benzene rings is 11. The summed E-state index contributed by atoms with van der Waals surface area (Å²) in [5, 5.41) is 4.65. The van der Waals surface area contributed by atoms with Crippen LogP contribution in [0.2, 0.25) is 0 Å². The van der Waals surface area contributed by atoms with Crippen molar-refractivity contribution in [3.8, 4) is 83.6 Å². The summed E-state index contributed by atoms with van der Waals surface area (Å²) in [4.78, 5) is 0. The molecule has 2 nitrogen and oxygen atoms in total. The van der Waals surface area contributed by atoms with Gasteiger partial charge in [0, 0.05) is 43.8 Å². The lowest BCUT2D eigenvalue weighted by atomic mass is 9.81. The van der Waals surface area contributed by atoms with E-state index in [1.807, 2.05) is 0 Å². The van der Waals surface area contributed by atoms with Gasteiger partial charge in [-0.2, -0.15) is 0 Å². The Hall–Kier alpha value is -8.98. The molecule has 2 aromatic heterocycles. The fraction of sp³-hybridized carbons (Fsp3) is 0.0435. The van der Waals surface area contributed by atoms with Gasteiger partial charge in [0.25, 0.3) is 0 Å². The number of para-hydroxylation sites is 3. The van der Waals surface area contributed by atoms with E-state index < -0.39 is 0 Å². The quantitative estimate of drug-likeness (QED) is 0.156. The average Bonchev–Trinajstić information content (AvgIpc) is 4.06. The minimum absolute atomic E-state index is 0.0834. The largest absolute Gasteiger partial charge is 0.455 e. The van der Waals surface area contributed by atoms with Crippen molar-refractivity contribution in [3.05, 3.63) is 260 Å². The van der Waals surface area contributed by atoms with Crippen molar-refractivity contribution >= 4 is 43.7 Å². The first-order chi connectivity index (χ1) is 34.9. The van der Waals surface area contributed by atoms with Gasteiger partial charge in [-0.3, -0.25) is 0 Å². The Morgan fingerprint density at radius 1 is 0.282 bits per heavy atom. The third kappa shape index (κ3) is 6.63. The van der Waals surface area contributed by atoms with E-state index in [-0.39, 0.29) is 5.41 Å². The molecule has 0 radical (unpaired) electrons.